The highest BCUT2D eigenvalue weighted by Crippen LogP contribution is 2.24. The van der Waals surface area contributed by atoms with Gasteiger partial charge in [0.05, 0.1) is 5.69 Å². The number of carbonyl (C=O) groups excluding carboxylic acids is 1. The number of aromatic nitrogens is 1. The maximum Gasteiger partial charge on any atom is 0.354 e. The Labute approximate surface area is 157 Å². The molecule has 0 aliphatic rings. The Morgan fingerprint density at radius 3 is 2.07 bits per heavy atom. The third kappa shape index (κ3) is 6.28. The molecule has 0 saturated heterocycles. The van der Waals surface area contributed by atoms with Gasteiger partial charge in [-0.05, 0) is 48.5 Å². The lowest BCUT2D eigenvalue weighted by atomic mass is 10.1. The molecule has 0 aliphatic carbocycles. The third-order valence-corrected chi connectivity index (χ3v) is 3.31. The van der Waals surface area contributed by atoms with Gasteiger partial charge < -0.3 is 14.7 Å². The Balaban J connectivity index is 0.000000465. The maximum absolute atomic E-state index is 11.0. The lowest BCUT2D eigenvalue weighted by Gasteiger charge is -2.07. The van der Waals surface area contributed by atoms with Gasteiger partial charge in [-0.25, -0.2) is 9.78 Å². The number of hydrogen-bond acceptors (Lipinski definition) is 4. The SMILES string of the molecule is CN(C)C=O.O=C(O)c1cccc(-c2ccc(Oc3ccccc3)cc2)n1. The van der Waals surface area contributed by atoms with Crippen molar-refractivity contribution in [2.24, 2.45) is 0 Å². The van der Waals surface area contributed by atoms with Gasteiger partial charge in [-0.15, -0.1) is 0 Å². The van der Waals surface area contributed by atoms with E-state index in [0.717, 1.165) is 17.7 Å². The van der Waals surface area contributed by atoms with Gasteiger partial charge >= 0.3 is 5.97 Å². The number of aromatic carboxylic acids is 1. The lowest BCUT2D eigenvalue weighted by Crippen LogP contribution is -2.06. The second kappa shape index (κ2) is 9.72. The summed E-state index contributed by atoms with van der Waals surface area (Å²) in [7, 11) is 3.38. The van der Waals surface area contributed by atoms with E-state index in [1.807, 2.05) is 54.6 Å². The van der Waals surface area contributed by atoms with Crippen LogP contribution >= 0.6 is 0 Å². The van der Waals surface area contributed by atoms with E-state index in [1.54, 1.807) is 26.2 Å². The zero-order chi connectivity index (χ0) is 19.6. The first-order valence-electron chi connectivity index (χ1n) is 8.15. The van der Waals surface area contributed by atoms with Gasteiger partial charge in [-0.3, -0.25) is 4.79 Å². The predicted octanol–water partition coefficient (Wildman–Crippen LogP) is 3.94. The van der Waals surface area contributed by atoms with Crippen LogP contribution in [0.15, 0.2) is 72.8 Å². The lowest BCUT2D eigenvalue weighted by molar-refractivity contribution is -0.115. The molecule has 1 amide bonds. The topological polar surface area (TPSA) is 79.7 Å². The molecule has 138 valence electrons. The Hall–Kier alpha value is -3.67. The van der Waals surface area contributed by atoms with Crippen molar-refractivity contribution in [1.82, 2.24) is 9.88 Å². The van der Waals surface area contributed by atoms with Gasteiger partial charge in [-0.1, -0.05) is 24.3 Å². The number of pyridine rings is 1. The summed E-state index contributed by atoms with van der Waals surface area (Å²) in [5.41, 5.74) is 1.48. The average molecular weight is 364 g/mol. The minimum Gasteiger partial charge on any atom is -0.477 e. The number of para-hydroxylation sites is 1. The van der Waals surface area contributed by atoms with Crippen LogP contribution in [-0.2, 0) is 4.79 Å². The number of amides is 1. The molecule has 3 aromatic rings. The first-order chi connectivity index (χ1) is 13.0. The molecule has 1 N–H and O–H groups in total. The van der Waals surface area contributed by atoms with Gasteiger partial charge in [-0.2, -0.15) is 0 Å². The fraction of sp³-hybridized carbons (Fsp3) is 0.0952. The zero-order valence-electron chi connectivity index (χ0n) is 15.1. The second-order valence-electron chi connectivity index (χ2n) is 5.72. The van der Waals surface area contributed by atoms with E-state index < -0.39 is 5.97 Å². The quantitative estimate of drug-likeness (QED) is 0.694. The standard InChI is InChI=1S/C18H13NO3.C3H7NO/c20-18(21)17-8-4-7-16(19-17)13-9-11-15(12-10-13)22-14-5-2-1-3-6-14;1-4(2)3-5/h1-12H,(H,20,21);3H,1-2H3. The van der Waals surface area contributed by atoms with Crippen LogP contribution in [0.4, 0.5) is 0 Å². The summed E-state index contributed by atoms with van der Waals surface area (Å²) < 4.78 is 5.72. The molecule has 0 unspecified atom stereocenters. The molecule has 0 atom stereocenters. The molecule has 6 nitrogen and oxygen atoms in total. The van der Waals surface area contributed by atoms with Crippen LogP contribution in [0.2, 0.25) is 0 Å². The number of carbonyl (C=O) groups is 2. The van der Waals surface area contributed by atoms with E-state index in [4.69, 9.17) is 9.84 Å². The van der Waals surface area contributed by atoms with Crippen LogP contribution in [0.1, 0.15) is 10.5 Å². The van der Waals surface area contributed by atoms with E-state index >= 15 is 0 Å². The van der Waals surface area contributed by atoms with E-state index in [-0.39, 0.29) is 5.69 Å². The molecule has 0 spiro atoms. The van der Waals surface area contributed by atoms with Crippen molar-refractivity contribution >= 4 is 12.4 Å². The molecular formula is C21H20N2O4. The highest BCUT2D eigenvalue weighted by Gasteiger charge is 2.07. The van der Waals surface area contributed by atoms with Crippen molar-refractivity contribution in [1.29, 1.82) is 0 Å². The summed E-state index contributed by atoms with van der Waals surface area (Å²) >= 11 is 0. The highest BCUT2D eigenvalue weighted by molar-refractivity contribution is 5.86. The zero-order valence-corrected chi connectivity index (χ0v) is 15.1. The maximum atomic E-state index is 11.0. The number of benzene rings is 2. The molecule has 2 aromatic carbocycles. The summed E-state index contributed by atoms with van der Waals surface area (Å²) in [6, 6.07) is 21.8. The van der Waals surface area contributed by atoms with Crippen molar-refractivity contribution in [3.05, 3.63) is 78.5 Å². The van der Waals surface area contributed by atoms with Crippen LogP contribution in [0.3, 0.4) is 0 Å². The van der Waals surface area contributed by atoms with E-state index in [2.05, 4.69) is 4.98 Å². The Morgan fingerprint density at radius 1 is 0.926 bits per heavy atom. The van der Waals surface area contributed by atoms with Gasteiger partial charge in [0, 0.05) is 19.7 Å². The van der Waals surface area contributed by atoms with Gasteiger partial charge in [0.1, 0.15) is 17.2 Å². The van der Waals surface area contributed by atoms with Crippen LogP contribution in [-0.4, -0.2) is 41.5 Å². The van der Waals surface area contributed by atoms with Crippen LogP contribution in [0, 0.1) is 0 Å². The number of carboxylic acids is 1. The second-order valence-corrected chi connectivity index (χ2v) is 5.72. The van der Waals surface area contributed by atoms with Crippen LogP contribution in [0.25, 0.3) is 11.3 Å². The number of ether oxygens (including phenoxy) is 1. The van der Waals surface area contributed by atoms with E-state index in [1.165, 1.54) is 11.0 Å². The first-order valence-corrected chi connectivity index (χ1v) is 8.15. The normalized spacial score (nSPS) is 9.56. The Bertz CT molecular complexity index is 878. The van der Waals surface area contributed by atoms with Gasteiger partial charge in [0.15, 0.2) is 0 Å². The van der Waals surface area contributed by atoms with Crippen molar-refractivity contribution < 1.29 is 19.4 Å². The Kier molecular flexibility index (Phi) is 7.07. The molecule has 0 bridgehead atoms. The number of nitrogens with zero attached hydrogens (tertiary/aromatic N) is 2. The Morgan fingerprint density at radius 2 is 1.52 bits per heavy atom. The first kappa shape index (κ1) is 19.7. The molecule has 0 fully saturated rings. The molecule has 27 heavy (non-hydrogen) atoms. The smallest absolute Gasteiger partial charge is 0.354 e. The van der Waals surface area contributed by atoms with Crippen molar-refractivity contribution in [2.75, 3.05) is 14.1 Å². The number of carboxylic acid groups (broad SMARTS) is 1. The minimum absolute atomic E-state index is 0.0297. The predicted molar refractivity (Wildman–Crippen MR) is 103 cm³/mol. The molecule has 0 saturated carbocycles. The van der Waals surface area contributed by atoms with E-state index in [0.29, 0.717) is 11.4 Å². The molecular weight excluding hydrogens is 344 g/mol. The summed E-state index contributed by atoms with van der Waals surface area (Å²) in [4.78, 5) is 26.0. The van der Waals surface area contributed by atoms with Crippen molar-refractivity contribution in [3.8, 4) is 22.8 Å². The van der Waals surface area contributed by atoms with Crippen molar-refractivity contribution in [3.63, 3.8) is 0 Å². The monoisotopic (exact) mass is 364 g/mol. The van der Waals surface area contributed by atoms with Crippen LogP contribution < -0.4 is 4.74 Å². The number of hydrogen-bond donors (Lipinski definition) is 1. The molecule has 6 heteroatoms. The van der Waals surface area contributed by atoms with E-state index in [9.17, 15) is 9.59 Å². The molecule has 1 aromatic heterocycles. The minimum atomic E-state index is -1.04. The molecule has 0 radical (unpaired) electrons. The highest BCUT2D eigenvalue weighted by atomic mass is 16.5. The van der Waals surface area contributed by atoms with Gasteiger partial charge in [0.2, 0.25) is 6.41 Å². The molecule has 1 heterocycles. The third-order valence-electron chi connectivity index (χ3n) is 3.31. The van der Waals surface area contributed by atoms with Crippen LogP contribution in [0.5, 0.6) is 11.5 Å². The average Bonchev–Trinajstić information content (AvgIpc) is 2.70. The largest absolute Gasteiger partial charge is 0.477 e. The summed E-state index contributed by atoms with van der Waals surface area (Å²) in [5, 5.41) is 8.98. The van der Waals surface area contributed by atoms with Gasteiger partial charge in [0.25, 0.3) is 0 Å². The number of rotatable bonds is 5. The summed E-state index contributed by atoms with van der Waals surface area (Å²) in [6.45, 7) is 0. The molecule has 0 aliphatic heterocycles. The fourth-order valence-corrected chi connectivity index (χ4v) is 2.03. The van der Waals surface area contributed by atoms with Crippen molar-refractivity contribution in [2.45, 2.75) is 0 Å². The fourth-order valence-electron chi connectivity index (χ4n) is 2.03. The summed E-state index contributed by atoms with van der Waals surface area (Å²) in [6.07, 6.45) is 0.750. The molecule has 3 rings (SSSR count). The summed E-state index contributed by atoms with van der Waals surface area (Å²) in [5.74, 6) is 0.441.